The van der Waals surface area contributed by atoms with Crippen molar-refractivity contribution in [3.8, 4) is 0 Å². The average molecular weight is 258 g/mol. The van der Waals surface area contributed by atoms with Crippen molar-refractivity contribution >= 4 is 23.0 Å². The summed E-state index contributed by atoms with van der Waals surface area (Å²) >= 11 is 0. The van der Waals surface area contributed by atoms with Crippen molar-refractivity contribution < 1.29 is 13.6 Å². The quantitative estimate of drug-likeness (QED) is 0.839. The first-order valence-corrected chi connectivity index (χ1v) is 5.59. The highest BCUT2D eigenvalue weighted by molar-refractivity contribution is 6.54. The molecule has 1 amide bonds. The highest BCUT2D eigenvalue weighted by Gasteiger charge is 2.26. The first kappa shape index (κ1) is 11.5. The van der Waals surface area contributed by atoms with Gasteiger partial charge in [-0.15, -0.1) is 0 Å². The Bertz CT molecular complexity index is 693. The molecule has 0 atom stereocenters. The molecule has 5 heteroatoms. The number of nitrogens with zero attached hydrogens (tertiary/aromatic N) is 1. The third kappa shape index (κ3) is 2.10. The van der Waals surface area contributed by atoms with Gasteiger partial charge in [-0.05, 0) is 42.5 Å². The van der Waals surface area contributed by atoms with Crippen LogP contribution in [0.25, 0.3) is 0 Å². The largest absolute Gasteiger partial charge is 0.320 e. The molecule has 3 rings (SSSR count). The lowest BCUT2D eigenvalue weighted by Gasteiger charge is -1.98. The van der Waals surface area contributed by atoms with Crippen LogP contribution >= 0.6 is 0 Å². The van der Waals surface area contributed by atoms with Gasteiger partial charge >= 0.3 is 0 Å². The van der Waals surface area contributed by atoms with Crippen LogP contribution in [0.1, 0.15) is 5.56 Å². The summed E-state index contributed by atoms with van der Waals surface area (Å²) in [5.74, 6) is -1.20. The lowest BCUT2D eigenvalue weighted by Crippen LogP contribution is -2.13. The Kier molecular flexibility index (Phi) is 2.59. The van der Waals surface area contributed by atoms with E-state index >= 15 is 0 Å². The standard InChI is InChI=1S/C14H8F2N2O/c15-8-1-4-10(5-2-8)17-13-11-6-3-9(16)7-12(11)18-14(13)19/h1-7H,(H,17,18,19). The Morgan fingerprint density at radius 1 is 0.947 bits per heavy atom. The maximum atomic E-state index is 13.1. The molecule has 0 saturated heterocycles. The smallest absolute Gasteiger partial charge is 0.275 e. The van der Waals surface area contributed by atoms with Gasteiger partial charge < -0.3 is 5.32 Å². The van der Waals surface area contributed by atoms with E-state index in [4.69, 9.17) is 0 Å². The fourth-order valence-electron chi connectivity index (χ4n) is 1.89. The molecule has 0 radical (unpaired) electrons. The number of halogens is 2. The molecule has 0 bridgehead atoms. The lowest BCUT2D eigenvalue weighted by molar-refractivity contribution is -0.110. The van der Waals surface area contributed by atoms with Crippen LogP contribution in [-0.4, -0.2) is 11.6 Å². The Labute approximate surface area is 107 Å². The summed E-state index contributed by atoms with van der Waals surface area (Å²) in [6.45, 7) is 0. The number of hydrogen-bond acceptors (Lipinski definition) is 2. The van der Waals surface area contributed by atoms with E-state index in [0.717, 1.165) is 0 Å². The van der Waals surface area contributed by atoms with E-state index < -0.39 is 11.7 Å². The van der Waals surface area contributed by atoms with Crippen molar-refractivity contribution in [2.75, 3.05) is 5.32 Å². The zero-order chi connectivity index (χ0) is 13.4. The Balaban J connectivity index is 2.06. The molecule has 1 heterocycles. The van der Waals surface area contributed by atoms with Crippen LogP contribution in [0.3, 0.4) is 0 Å². The van der Waals surface area contributed by atoms with E-state index in [9.17, 15) is 13.6 Å². The third-order valence-corrected chi connectivity index (χ3v) is 2.77. The Hall–Kier alpha value is -2.56. The number of carbonyl (C=O) groups is 1. The van der Waals surface area contributed by atoms with Gasteiger partial charge in [-0.1, -0.05) is 0 Å². The second kappa shape index (κ2) is 4.28. The monoisotopic (exact) mass is 258 g/mol. The zero-order valence-electron chi connectivity index (χ0n) is 9.65. The van der Waals surface area contributed by atoms with E-state index in [1.165, 1.54) is 42.5 Å². The van der Waals surface area contributed by atoms with E-state index in [1.54, 1.807) is 0 Å². The summed E-state index contributed by atoms with van der Waals surface area (Å²) in [4.78, 5) is 15.9. The fourth-order valence-corrected chi connectivity index (χ4v) is 1.89. The summed E-state index contributed by atoms with van der Waals surface area (Å²) in [7, 11) is 0. The molecule has 2 aromatic rings. The molecule has 0 saturated carbocycles. The topological polar surface area (TPSA) is 41.5 Å². The predicted octanol–water partition coefficient (Wildman–Crippen LogP) is 3.04. The van der Waals surface area contributed by atoms with Gasteiger partial charge in [0.25, 0.3) is 5.91 Å². The highest BCUT2D eigenvalue weighted by atomic mass is 19.1. The molecule has 1 N–H and O–H groups in total. The first-order chi connectivity index (χ1) is 9.13. The van der Waals surface area contributed by atoms with Crippen LogP contribution in [-0.2, 0) is 4.79 Å². The van der Waals surface area contributed by atoms with E-state index in [2.05, 4.69) is 10.3 Å². The molecule has 1 aliphatic heterocycles. The average Bonchev–Trinajstić information content (AvgIpc) is 2.68. The zero-order valence-corrected chi connectivity index (χ0v) is 9.65. The first-order valence-electron chi connectivity index (χ1n) is 5.59. The van der Waals surface area contributed by atoms with Crippen molar-refractivity contribution in [3.63, 3.8) is 0 Å². The Morgan fingerprint density at radius 3 is 2.37 bits per heavy atom. The summed E-state index contributed by atoms with van der Waals surface area (Å²) in [6.07, 6.45) is 0. The number of fused-ring (bicyclic) bond motifs is 1. The van der Waals surface area contributed by atoms with Gasteiger partial charge in [0.2, 0.25) is 0 Å². The summed E-state index contributed by atoms with van der Waals surface area (Å²) in [6, 6.07) is 9.45. The molecule has 0 aromatic heterocycles. The van der Waals surface area contributed by atoms with Gasteiger partial charge in [-0.25, -0.2) is 13.8 Å². The van der Waals surface area contributed by atoms with Gasteiger partial charge in [0, 0.05) is 5.56 Å². The maximum absolute atomic E-state index is 13.1. The highest BCUT2D eigenvalue weighted by Crippen LogP contribution is 2.26. The molecule has 3 nitrogen and oxygen atoms in total. The molecule has 19 heavy (non-hydrogen) atoms. The van der Waals surface area contributed by atoms with Crippen LogP contribution in [0, 0.1) is 11.6 Å². The predicted molar refractivity (Wildman–Crippen MR) is 67.6 cm³/mol. The van der Waals surface area contributed by atoms with Crippen molar-refractivity contribution in [2.24, 2.45) is 4.99 Å². The van der Waals surface area contributed by atoms with Gasteiger partial charge in [0.15, 0.2) is 0 Å². The lowest BCUT2D eigenvalue weighted by atomic mass is 10.1. The minimum atomic E-state index is -0.429. The molecule has 0 unspecified atom stereocenters. The van der Waals surface area contributed by atoms with Crippen LogP contribution in [0.4, 0.5) is 20.2 Å². The second-order valence-electron chi connectivity index (χ2n) is 4.08. The number of hydrogen-bond donors (Lipinski definition) is 1. The number of aliphatic imine (C=N–C) groups is 1. The van der Waals surface area contributed by atoms with Crippen LogP contribution in [0.5, 0.6) is 0 Å². The molecule has 0 fully saturated rings. The summed E-state index contributed by atoms with van der Waals surface area (Å²) < 4.78 is 25.8. The molecular formula is C14H8F2N2O. The molecule has 0 aliphatic carbocycles. The molecule has 2 aromatic carbocycles. The second-order valence-corrected chi connectivity index (χ2v) is 4.08. The number of nitrogens with one attached hydrogen (secondary N) is 1. The minimum Gasteiger partial charge on any atom is -0.320 e. The van der Waals surface area contributed by atoms with Gasteiger partial charge in [-0.3, -0.25) is 4.79 Å². The minimum absolute atomic E-state index is 0.196. The fraction of sp³-hybridized carbons (Fsp3) is 0. The van der Waals surface area contributed by atoms with Crippen LogP contribution in [0.15, 0.2) is 47.5 Å². The SMILES string of the molecule is O=C1Nc2cc(F)ccc2C1=Nc1ccc(F)cc1. The van der Waals surface area contributed by atoms with Gasteiger partial charge in [0.1, 0.15) is 17.3 Å². The number of rotatable bonds is 1. The number of anilines is 1. The third-order valence-electron chi connectivity index (χ3n) is 2.77. The van der Waals surface area contributed by atoms with Crippen molar-refractivity contribution in [3.05, 3.63) is 59.7 Å². The number of amides is 1. The number of benzene rings is 2. The summed E-state index contributed by atoms with van der Waals surface area (Å²) in [5, 5.41) is 2.54. The van der Waals surface area contributed by atoms with Crippen molar-refractivity contribution in [1.82, 2.24) is 0 Å². The molecule has 0 spiro atoms. The summed E-state index contributed by atoms with van der Waals surface area (Å²) in [5.41, 5.74) is 1.59. The van der Waals surface area contributed by atoms with Crippen molar-refractivity contribution in [2.45, 2.75) is 0 Å². The van der Waals surface area contributed by atoms with Gasteiger partial charge in [-0.2, -0.15) is 0 Å². The normalized spacial score (nSPS) is 15.5. The van der Waals surface area contributed by atoms with Gasteiger partial charge in [0.05, 0.1) is 11.4 Å². The molecule has 94 valence electrons. The van der Waals surface area contributed by atoms with Crippen molar-refractivity contribution in [1.29, 1.82) is 0 Å². The molecule has 1 aliphatic rings. The number of carbonyl (C=O) groups excluding carboxylic acids is 1. The van der Waals surface area contributed by atoms with E-state index in [-0.39, 0.29) is 11.5 Å². The molecular weight excluding hydrogens is 250 g/mol. The Morgan fingerprint density at radius 2 is 1.63 bits per heavy atom. The van der Waals surface area contributed by atoms with E-state index in [1.807, 2.05) is 0 Å². The van der Waals surface area contributed by atoms with Crippen LogP contribution in [0.2, 0.25) is 0 Å². The maximum Gasteiger partial charge on any atom is 0.275 e. The van der Waals surface area contributed by atoms with E-state index in [0.29, 0.717) is 16.9 Å². The van der Waals surface area contributed by atoms with Crippen LogP contribution < -0.4 is 5.32 Å².